The molecule has 0 unspecified atom stereocenters. The Bertz CT molecular complexity index is 2560. The molecule has 26 heteroatoms. The van der Waals surface area contributed by atoms with Crippen molar-refractivity contribution in [3.63, 3.8) is 0 Å². The third-order valence-electron chi connectivity index (χ3n) is 9.24. The number of anilines is 2. The van der Waals surface area contributed by atoms with Crippen molar-refractivity contribution >= 4 is 135 Å². The van der Waals surface area contributed by atoms with E-state index in [2.05, 4.69) is 79.0 Å². The Balaban J connectivity index is 0.00000187. The molecule has 0 aromatic heterocycles. The first-order valence-corrected chi connectivity index (χ1v) is 26.1. The van der Waals surface area contributed by atoms with Gasteiger partial charge in [0.2, 0.25) is 20.0 Å². The van der Waals surface area contributed by atoms with Gasteiger partial charge in [0.1, 0.15) is 0 Å². The number of rotatable bonds is 12. The molecule has 0 saturated carbocycles. The van der Waals surface area contributed by atoms with Gasteiger partial charge in [-0.05, 0) is 86.6 Å². The Morgan fingerprint density at radius 1 is 0.578 bits per heavy atom. The van der Waals surface area contributed by atoms with Gasteiger partial charge in [-0.2, -0.15) is 18.8 Å². The van der Waals surface area contributed by atoms with E-state index >= 15 is 0 Å². The first-order chi connectivity index (χ1) is 30.8. The summed E-state index contributed by atoms with van der Waals surface area (Å²) in [6, 6.07) is 30.3. The van der Waals surface area contributed by atoms with Crippen LogP contribution in [0, 0.1) is 10.8 Å². The molecule has 16 nitrogen and oxygen atoms in total. The molecule has 64 heavy (non-hydrogen) atoms. The van der Waals surface area contributed by atoms with E-state index in [0.29, 0.717) is 42.4 Å². The fourth-order valence-corrected chi connectivity index (χ4v) is 10.8. The molecular formula is C38H34Cl2N12Ni2O4S6-2. The Kier molecular flexibility index (Phi) is 19.0. The number of hydrogen-bond donors (Lipinski definition) is 2. The molecule has 0 amide bonds. The van der Waals surface area contributed by atoms with Crippen molar-refractivity contribution in [2.75, 3.05) is 36.2 Å². The number of benzene rings is 4. The number of nitrogens with one attached hydrogen (secondary N) is 2. The van der Waals surface area contributed by atoms with Crippen LogP contribution in [0.15, 0.2) is 168 Å². The number of amidine groups is 2. The predicted octanol–water partition coefficient (Wildman–Crippen LogP) is 9.48. The van der Waals surface area contributed by atoms with Gasteiger partial charge >= 0.3 is 49.5 Å². The molecule has 2 N–H and O–H groups in total. The van der Waals surface area contributed by atoms with Crippen LogP contribution >= 0.6 is 44.3 Å². The van der Waals surface area contributed by atoms with Gasteiger partial charge in [-0.1, -0.05) is 36.4 Å². The average molecular weight is 1100 g/mol. The Hall–Kier alpha value is -3.63. The first-order valence-electron chi connectivity index (χ1n) is 18.2. The number of sulfonamides is 2. The normalized spacial score (nSPS) is 17.8. The van der Waals surface area contributed by atoms with Crippen LogP contribution in [0.2, 0.25) is 0 Å². The van der Waals surface area contributed by atoms with Crippen molar-refractivity contribution in [1.82, 2.24) is 8.61 Å². The Morgan fingerprint density at radius 2 is 0.891 bits per heavy atom. The van der Waals surface area contributed by atoms with Gasteiger partial charge in [0.15, 0.2) is 11.7 Å². The SMILES string of the molecule is CC1=NN(c2ccccc2)C(=N)/C1=C(/[S-])SN=Nc1ccc(S(=O)(=O)N2CCN(S(=O)(=O)c3ccc(N=NS/C([S-])=C4\C(=N)N(c5ccccc5)N=C4C)cc3)CC2)cc1.[Cl][Ni].[Cl][Ni]. The Labute approximate surface area is 415 Å². The Morgan fingerprint density at radius 3 is 1.20 bits per heavy atom. The zero-order valence-electron chi connectivity index (χ0n) is 33.2. The topological polar surface area (TPSA) is 203 Å². The fraction of sp³-hybridized carbons (Fsp3) is 0.158. The quantitative estimate of drug-likeness (QED) is 0.0595. The molecule has 0 spiro atoms. The van der Waals surface area contributed by atoms with Gasteiger partial charge in [0.25, 0.3) is 0 Å². The summed E-state index contributed by atoms with van der Waals surface area (Å²) in [5.41, 5.74) is 4.38. The molecule has 1 fully saturated rings. The molecule has 7 rings (SSSR count). The standard InChI is InChI=1S/C38H36N12O4S6.2ClH.2Ni/c1-25-33(35(39)49(43-25)29-9-5-3-6-10-29)37(55)57-45-41-27-13-17-31(18-14-27)59(51,52)47-21-23-48(24-22-47)60(53,54)32-19-15-28(16-20-32)42-46-58-38(56)34-26(2)44-50(36(34)40)30-11-7-4-8-12-30;;;;/h3-20,39-40,55-56H,21-24H2,1-2H3;2*1H;;/q;;;2*+1/p-4/b37-33-,38-34-,39-35?,40-36?,45-41?,46-42?;;;;. The minimum absolute atomic E-state index is 0.0323. The molecule has 0 radical (unpaired) electrons. The fourth-order valence-electron chi connectivity index (χ4n) is 6.17. The van der Waals surface area contributed by atoms with E-state index in [-0.39, 0.29) is 47.6 Å². The van der Waals surface area contributed by atoms with Crippen molar-refractivity contribution in [3.8, 4) is 0 Å². The molecule has 1 saturated heterocycles. The van der Waals surface area contributed by atoms with Crippen molar-refractivity contribution < 1.29 is 46.0 Å². The summed E-state index contributed by atoms with van der Waals surface area (Å²) in [5, 5.41) is 37.4. The third-order valence-corrected chi connectivity index (χ3v) is 15.0. The molecule has 3 aliphatic heterocycles. The van der Waals surface area contributed by atoms with Crippen molar-refractivity contribution in [2.45, 2.75) is 23.6 Å². The number of hydrogen-bond acceptors (Lipinski definition) is 16. The summed E-state index contributed by atoms with van der Waals surface area (Å²) in [4.78, 5) is 0.0647. The van der Waals surface area contributed by atoms with E-state index in [0.717, 1.165) is 35.3 Å². The van der Waals surface area contributed by atoms with E-state index < -0.39 is 20.0 Å². The van der Waals surface area contributed by atoms with Crippen molar-refractivity contribution in [2.24, 2.45) is 29.5 Å². The summed E-state index contributed by atoms with van der Waals surface area (Å²) in [5.74, 6) is 0.269. The maximum atomic E-state index is 13.5. The van der Waals surface area contributed by atoms with Gasteiger partial charge in [0.05, 0.1) is 44.0 Å². The summed E-state index contributed by atoms with van der Waals surface area (Å²) < 4.78 is 65.4. The van der Waals surface area contributed by atoms with E-state index in [9.17, 15) is 16.8 Å². The second kappa shape index (κ2) is 23.7. The van der Waals surface area contributed by atoms with Crippen LogP contribution in [0.3, 0.4) is 0 Å². The van der Waals surface area contributed by atoms with Gasteiger partial charge in [0, 0.05) is 61.2 Å². The van der Waals surface area contributed by atoms with Gasteiger partial charge in [-0.3, -0.25) is 10.8 Å². The number of nitrogens with zero attached hydrogens (tertiary/aromatic N) is 10. The van der Waals surface area contributed by atoms with Gasteiger partial charge in [-0.25, -0.2) is 26.9 Å². The number of para-hydroxylation sites is 2. The molecular weight excluding hydrogens is 1070 g/mol. The van der Waals surface area contributed by atoms with Crippen molar-refractivity contribution in [3.05, 3.63) is 129 Å². The second-order valence-electron chi connectivity index (χ2n) is 13.0. The van der Waals surface area contributed by atoms with E-state index in [1.165, 1.54) is 67.2 Å². The molecule has 4 aromatic rings. The van der Waals surface area contributed by atoms with E-state index in [1.807, 2.05) is 60.7 Å². The third kappa shape index (κ3) is 12.0. The van der Waals surface area contributed by atoms with Crippen LogP contribution < -0.4 is 10.0 Å². The summed E-state index contributed by atoms with van der Waals surface area (Å²) >= 11 is 19.6. The van der Waals surface area contributed by atoms with Crippen molar-refractivity contribution in [1.29, 1.82) is 10.8 Å². The van der Waals surface area contributed by atoms with Crippen LogP contribution in [0.25, 0.3) is 0 Å². The summed E-state index contributed by atoms with van der Waals surface area (Å²) in [7, 11) is 0.662. The van der Waals surface area contributed by atoms with Crippen LogP contribution in [0.5, 0.6) is 0 Å². The molecule has 4 aromatic carbocycles. The second-order valence-corrected chi connectivity index (χ2v) is 19.7. The zero-order valence-corrected chi connectivity index (χ0v) is 41.5. The van der Waals surface area contributed by atoms with E-state index in [1.54, 1.807) is 13.8 Å². The van der Waals surface area contributed by atoms with Crippen LogP contribution in [-0.2, 0) is 74.4 Å². The molecule has 3 aliphatic rings. The zero-order chi connectivity index (χ0) is 46.6. The predicted molar refractivity (Wildman–Crippen MR) is 255 cm³/mol. The minimum atomic E-state index is -3.93. The number of piperazine rings is 1. The van der Waals surface area contributed by atoms with Gasteiger partial charge < -0.3 is 25.3 Å². The monoisotopic (exact) mass is 1100 g/mol. The number of hydrazone groups is 2. The average Bonchev–Trinajstić information content (AvgIpc) is 3.80. The molecule has 3 heterocycles. The maximum absolute atomic E-state index is 13.5. The molecule has 342 valence electrons. The number of halogens is 2. The molecule has 0 aliphatic carbocycles. The summed E-state index contributed by atoms with van der Waals surface area (Å²) in [6.45, 7) is 3.38. The van der Waals surface area contributed by atoms with Crippen LogP contribution in [-0.4, -0.2) is 74.7 Å². The van der Waals surface area contributed by atoms with Crippen LogP contribution in [0.1, 0.15) is 13.8 Å². The van der Waals surface area contributed by atoms with E-state index in [4.69, 9.17) is 36.1 Å². The van der Waals surface area contributed by atoms with Crippen LogP contribution in [0.4, 0.5) is 22.7 Å². The summed E-state index contributed by atoms with van der Waals surface area (Å²) in [6.07, 6.45) is 0. The molecule has 0 bridgehead atoms. The first kappa shape index (κ1) is 51.4. The molecule has 0 atom stereocenters. The van der Waals surface area contributed by atoms with Gasteiger partial charge in [-0.15, -0.1) is 27.7 Å².